The summed E-state index contributed by atoms with van der Waals surface area (Å²) < 4.78 is 0.903. The Labute approximate surface area is 112 Å². The molecule has 4 heteroatoms. The van der Waals surface area contributed by atoms with Crippen molar-refractivity contribution in [2.45, 2.75) is 12.5 Å². The predicted octanol–water partition coefficient (Wildman–Crippen LogP) is 4.41. The first kappa shape index (κ1) is 12.1. The Hall–Kier alpha value is -0.350. The van der Waals surface area contributed by atoms with E-state index in [0.29, 0.717) is 5.02 Å². The Morgan fingerprint density at radius 2 is 2.19 bits per heavy atom. The molecule has 2 N–H and O–H groups in total. The number of halogens is 2. The van der Waals surface area contributed by atoms with Gasteiger partial charge in [-0.3, -0.25) is 0 Å². The number of benzene rings is 1. The van der Waals surface area contributed by atoms with Gasteiger partial charge < -0.3 is 5.73 Å². The van der Waals surface area contributed by atoms with Gasteiger partial charge in [-0.1, -0.05) is 17.7 Å². The molecule has 0 radical (unpaired) electrons. The largest absolute Gasteiger partial charge is 0.324 e. The highest BCUT2D eigenvalue weighted by Crippen LogP contribution is 2.26. The van der Waals surface area contributed by atoms with Crippen LogP contribution in [0.5, 0.6) is 0 Å². The van der Waals surface area contributed by atoms with E-state index in [1.54, 1.807) is 11.3 Å². The Bertz CT molecular complexity index is 470. The minimum absolute atomic E-state index is 0.000185. The molecule has 1 nitrogen and oxygen atoms in total. The monoisotopic (exact) mass is 315 g/mol. The summed E-state index contributed by atoms with van der Waals surface area (Å²) >= 11 is 11.1. The van der Waals surface area contributed by atoms with Gasteiger partial charge in [0.05, 0.1) is 5.02 Å². The van der Waals surface area contributed by atoms with Crippen molar-refractivity contribution >= 4 is 38.9 Å². The molecule has 0 aliphatic heterocycles. The summed E-state index contributed by atoms with van der Waals surface area (Å²) in [5, 5.41) is 4.90. The van der Waals surface area contributed by atoms with Crippen LogP contribution in [0, 0.1) is 0 Å². The van der Waals surface area contributed by atoms with Crippen molar-refractivity contribution in [1.82, 2.24) is 0 Å². The minimum atomic E-state index is 0.000185. The molecular formula is C12H11BrClNS. The van der Waals surface area contributed by atoms with Gasteiger partial charge in [0.25, 0.3) is 0 Å². The van der Waals surface area contributed by atoms with Crippen molar-refractivity contribution in [3.63, 3.8) is 0 Å². The van der Waals surface area contributed by atoms with Gasteiger partial charge in [0.2, 0.25) is 0 Å². The number of hydrogen-bond donors (Lipinski definition) is 1. The molecule has 0 amide bonds. The fourth-order valence-electron chi connectivity index (χ4n) is 1.52. The number of rotatable bonds is 3. The molecule has 0 spiro atoms. The van der Waals surface area contributed by atoms with Crippen molar-refractivity contribution in [2.24, 2.45) is 5.73 Å². The summed E-state index contributed by atoms with van der Waals surface area (Å²) in [6.45, 7) is 0. The summed E-state index contributed by atoms with van der Waals surface area (Å²) in [5.74, 6) is 0. The lowest BCUT2D eigenvalue weighted by atomic mass is 10.0. The second kappa shape index (κ2) is 5.32. The maximum atomic E-state index is 6.14. The minimum Gasteiger partial charge on any atom is -0.324 e. The normalized spacial score (nSPS) is 12.7. The van der Waals surface area contributed by atoms with Gasteiger partial charge in [0, 0.05) is 10.5 Å². The molecular weight excluding hydrogens is 306 g/mol. The van der Waals surface area contributed by atoms with Gasteiger partial charge in [-0.15, -0.1) is 0 Å². The first-order chi connectivity index (χ1) is 7.66. The summed E-state index contributed by atoms with van der Waals surface area (Å²) in [4.78, 5) is 0. The van der Waals surface area contributed by atoms with Crippen molar-refractivity contribution in [2.75, 3.05) is 0 Å². The predicted molar refractivity (Wildman–Crippen MR) is 74.1 cm³/mol. The van der Waals surface area contributed by atoms with Crippen LogP contribution in [0.25, 0.3) is 0 Å². The molecule has 1 heterocycles. The van der Waals surface area contributed by atoms with Crippen LogP contribution in [0.4, 0.5) is 0 Å². The van der Waals surface area contributed by atoms with Crippen LogP contribution in [0.2, 0.25) is 5.02 Å². The Morgan fingerprint density at radius 3 is 2.81 bits per heavy atom. The maximum absolute atomic E-state index is 6.14. The summed E-state index contributed by atoms with van der Waals surface area (Å²) in [7, 11) is 0. The number of nitrogens with two attached hydrogens (primary N) is 1. The molecule has 0 aliphatic rings. The lowest BCUT2D eigenvalue weighted by Gasteiger charge is -2.11. The average Bonchev–Trinajstić information content (AvgIpc) is 2.74. The standard InChI is InChI=1S/C12H11BrClNS/c13-10-2-1-9(6-11(10)14)12(15)5-8-3-4-16-7-8/h1-4,6-7,12H,5,15H2. The average molecular weight is 317 g/mol. The van der Waals surface area contributed by atoms with Crippen LogP contribution in [0.15, 0.2) is 39.5 Å². The van der Waals surface area contributed by atoms with E-state index in [-0.39, 0.29) is 6.04 Å². The molecule has 84 valence electrons. The van der Waals surface area contributed by atoms with Gasteiger partial charge in [-0.25, -0.2) is 0 Å². The molecule has 2 rings (SSSR count). The molecule has 1 aromatic heterocycles. The van der Waals surface area contributed by atoms with Crippen LogP contribution in [0.1, 0.15) is 17.2 Å². The van der Waals surface area contributed by atoms with E-state index < -0.39 is 0 Å². The van der Waals surface area contributed by atoms with Crippen molar-refractivity contribution in [3.05, 3.63) is 55.6 Å². The molecule has 1 unspecified atom stereocenters. The molecule has 0 fully saturated rings. The summed E-state index contributed by atoms with van der Waals surface area (Å²) in [6.07, 6.45) is 0.849. The second-order valence-electron chi connectivity index (χ2n) is 3.62. The smallest absolute Gasteiger partial charge is 0.0551 e. The van der Waals surface area contributed by atoms with E-state index in [1.807, 2.05) is 18.2 Å². The molecule has 16 heavy (non-hydrogen) atoms. The molecule has 0 aliphatic carbocycles. The first-order valence-electron chi connectivity index (χ1n) is 4.88. The Morgan fingerprint density at radius 1 is 1.38 bits per heavy atom. The highest BCUT2D eigenvalue weighted by molar-refractivity contribution is 9.10. The van der Waals surface area contributed by atoms with E-state index in [0.717, 1.165) is 16.5 Å². The van der Waals surface area contributed by atoms with E-state index >= 15 is 0 Å². The zero-order valence-electron chi connectivity index (χ0n) is 8.49. The third kappa shape index (κ3) is 2.86. The van der Waals surface area contributed by atoms with Crippen LogP contribution in [0.3, 0.4) is 0 Å². The van der Waals surface area contributed by atoms with Crippen LogP contribution >= 0.6 is 38.9 Å². The van der Waals surface area contributed by atoms with E-state index in [2.05, 4.69) is 32.8 Å². The maximum Gasteiger partial charge on any atom is 0.0551 e. The molecule has 2 aromatic rings. The lowest BCUT2D eigenvalue weighted by molar-refractivity contribution is 0.723. The van der Waals surface area contributed by atoms with Crippen LogP contribution < -0.4 is 5.73 Å². The third-order valence-corrected chi connectivity index (χ3v) is 4.37. The molecule has 1 atom stereocenters. The Kier molecular flexibility index (Phi) is 4.03. The molecule has 0 saturated heterocycles. The summed E-state index contributed by atoms with van der Waals surface area (Å²) in [5.41, 5.74) is 8.48. The van der Waals surface area contributed by atoms with Gasteiger partial charge in [0.1, 0.15) is 0 Å². The first-order valence-corrected chi connectivity index (χ1v) is 7.00. The number of hydrogen-bond acceptors (Lipinski definition) is 2. The molecule has 0 bridgehead atoms. The van der Waals surface area contributed by atoms with Gasteiger partial charge in [-0.05, 0) is 62.4 Å². The highest BCUT2D eigenvalue weighted by atomic mass is 79.9. The zero-order valence-corrected chi connectivity index (χ0v) is 11.6. The van der Waals surface area contributed by atoms with E-state index in [9.17, 15) is 0 Å². The van der Waals surface area contributed by atoms with Gasteiger partial charge in [0.15, 0.2) is 0 Å². The fourth-order valence-corrected chi connectivity index (χ4v) is 2.64. The van der Waals surface area contributed by atoms with Crippen LogP contribution in [-0.4, -0.2) is 0 Å². The van der Waals surface area contributed by atoms with Crippen molar-refractivity contribution in [1.29, 1.82) is 0 Å². The number of thiophene rings is 1. The van der Waals surface area contributed by atoms with Crippen molar-refractivity contribution in [3.8, 4) is 0 Å². The Balaban J connectivity index is 2.14. The third-order valence-electron chi connectivity index (χ3n) is 2.41. The van der Waals surface area contributed by atoms with Crippen molar-refractivity contribution < 1.29 is 0 Å². The molecule has 0 saturated carbocycles. The van der Waals surface area contributed by atoms with E-state index in [4.69, 9.17) is 17.3 Å². The molecule has 1 aromatic carbocycles. The topological polar surface area (TPSA) is 26.0 Å². The quantitative estimate of drug-likeness (QED) is 0.892. The van der Waals surface area contributed by atoms with Gasteiger partial charge in [-0.2, -0.15) is 11.3 Å². The van der Waals surface area contributed by atoms with E-state index in [1.165, 1.54) is 5.56 Å². The lowest BCUT2D eigenvalue weighted by Crippen LogP contribution is -2.12. The fraction of sp³-hybridized carbons (Fsp3) is 0.167. The van der Waals surface area contributed by atoms with Crippen LogP contribution in [-0.2, 0) is 6.42 Å². The van der Waals surface area contributed by atoms with Gasteiger partial charge >= 0.3 is 0 Å². The SMILES string of the molecule is NC(Cc1ccsc1)c1ccc(Br)c(Cl)c1. The highest BCUT2D eigenvalue weighted by Gasteiger charge is 2.09. The second-order valence-corrected chi connectivity index (χ2v) is 5.66. The summed E-state index contributed by atoms with van der Waals surface area (Å²) in [6, 6.07) is 7.96. The zero-order chi connectivity index (χ0) is 11.5.